The van der Waals surface area contributed by atoms with E-state index in [-0.39, 0.29) is 0 Å². The van der Waals surface area contributed by atoms with Crippen molar-refractivity contribution in [3.63, 3.8) is 0 Å². The van der Waals surface area contributed by atoms with Gasteiger partial charge in [-0.15, -0.1) is 5.10 Å². The molecule has 0 aliphatic heterocycles. The Kier molecular flexibility index (Phi) is 2.32. The molecule has 2 N–H and O–H groups in total. The van der Waals surface area contributed by atoms with E-state index in [0.29, 0.717) is 12.2 Å². The van der Waals surface area contributed by atoms with Gasteiger partial charge in [0.2, 0.25) is 0 Å². The fraction of sp³-hybridized carbons (Fsp3) is 0.200. The molecule has 0 unspecified atom stereocenters. The second-order valence-corrected chi connectivity index (χ2v) is 1.79. The lowest BCUT2D eigenvalue weighted by Gasteiger charge is -1.81. The summed E-state index contributed by atoms with van der Waals surface area (Å²) in [6.07, 6.45) is 2.91. The van der Waals surface area contributed by atoms with E-state index in [2.05, 4.69) is 20.6 Å². The first-order valence-corrected chi connectivity index (χ1v) is 2.91. The maximum Gasteiger partial charge on any atom is 0.327 e. The molecule has 11 heavy (non-hydrogen) atoms. The molecule has 6 nitrogen and oxygen atoms in total. The standard InChI is InChI=1S/C5H6N4O2/c10-5(11)3-1-2-4-6-8-9-7-4/h1,3H,2H2,(H,10,11)(H,6,7,8,9). The molecule has 0 spiro atoms. The molecule has 6 heteroatoms. The fourth-order valence-electron chi connectivity index (χ4n) is 0.537. The van der Waals surface area contributed by atoms with Crippen LogP contribution in [-0.4, -0.2) is 31.7 Å². The number of carbonyl (C=O) groups is 1. The van der Waals surface area contributed by atoms with E-state index in [4.69, 9.17) is 5.11 Å². The van der Waals surface area contributed by atoms with Crippen LogP contribution in [-0.2, 0) is 11.2 Å². The third kappa shape index (κ3) is 2.57. The molecule has 1 aromatic rings. The topological polar surface area (TPSA) is 91.8 Å². The van der Waals surface area contributed by atoms with E-state index in [9.17, 15) is 4.79 Å². The Morgan fingerprint density at radius 2 is 2.55 bits per heavy atom. The highest BCUT2D eigenvalue weighted by Crippen LogP contribution is 1.86. The van der Waals surface area contributed by atoms with E-state index >= 15 is 0 Å². The van der Waals surface area contributed by atoms with Crippen molar-refractivity contribution in [3.05, 3.63) is 18.0 Å². The summed E-state index contributed by atoms with van der Waals surface area (Å²) in [7, 11) is 0. The van der Waals surface area contributed by atoms with Crippen molar-refractivity contribution in [3.8, 4) is 0 Å². The lowest BCUT2D eigenvalue weighted by Crippen LogP contribution is -1.89. The summed E-state index contributed by atoms with van der Waals surface area (Å²) < 4.78 is 0. The first kappa shape index (κ1) is 7.39. The van der Waals surface area contributed by atoms with Crippen LogP contribution in [0.15, 0.2) is 12.2 Å². The molecule has 0 aliphatic carbocycles. The minimum Gasteiger partial charge on any atom is -0.478 e. The van der Waals surface area contributed by atoms with Crippen molar-refractivity contribution in [2.24, 2.45) is 0 Å². The van der Waals surface area contributed by atoms with Crippen molar-refractivity contribution in [2.45, 2.75) is 6.42 Å². The minimum absolute atomic E-state index is 0.402. The highest BCUT2D eigenvalue weighted by atomic mass is 16.4. The molecule has 1 heterocycles. The number of aromatic nitrogens is 4. The molecule has 0 radical (unpaired) electrons. The second kappa shape index (κ2) is 3.45. The van der Waals surface area contributed by atoms with E-state index in [1.165, 1.54) is 6.08 Å². The van der Waals surface area contributed by atoms with Crippen LogP contribution in [0.25, 0.3) is 0 Å². The summed E-state index contributed by atoms with van der Waals surface area (Å²) in [6, 6.07) is 0. The van der Waals surface area contributed by atoms with Crippen LogP contribution in [0.1, 0.15) is 5.82 Å². The maximum absolute atomic E-state index is 9.98. The van der Waals surface area contributed by atoms with Gasteiger partial charge >= 0.3 is 5.97 Å². The Balaban J connectivity index is 2.40. The van der Waals surface area contributed by atoms with Gasteiger partial charge in [0.15, 0.2) is 5.82 Å². The number of carboxylic acids is 1. The quantitative estimate of drug-likeness (QED) is 0.566. The normalized spacial score (nSPS) is 10.5. The first-order valence-electron chi connectivity index (χ1n) is 2.91. The lowest BCUT2D eigenvalue weighted by molar-refractivity contribution is -0.131. The Morgan fingerprint density at radius 3 is 3.09 bits per heavy atom. The second-order valence-electron chi connectivity index (χ2n) is 1.79. The summed E-state index contributed by atoms with van der Waals surface area (Å²) in [4.78, 5) is 9.98. The molecule has 0 fully saturated rings. The van der Waals surface area contributed by atoms with Crippen LogP contribution in [0, 0.1) is 0 Å². The van der Waals surface area contributed by atoms with Gasteiger partial charge in [-0.3, -0.25) is 0 Å². The van der Waals surface area contributed by atoms with Gasteiger partial charge < -0.3 is 5.11 Å². The van der Waals surface area contributed by atoms with E-state index in [1.54, 1.807) is 0 Å². The van der Waals surface area contributed by atoms with Crippen LogP contribution in [0.2, 0.25) is 0 Å². The largest absolute Gasteiger partial charge is 0.478 e. The zero-order valence-electron chi connectivity index (χ0n) is 5.56. The van der Waals surface area contributed by atoms with Crippen LogP contribution in [0.3, 0.4) is 0 Å². The van der Waals surface area contributed by atoms with Crippen molar-refractivity contribution in [2.75, 3.05) is 0 Å². The predicted octanol–water partition coefficient (Wildman–Crippen LogP) is -0.617. The Labute approximate surface area is 61.9 Å². The highest BCUT2D eigenvalue weighted by Gasteiger charge is 1.92. The van der Waals surface area contributed by atoms with Crippen molar-refractivity contribution >= 4 is 5.97 Å². The first-order chi connectivity index (χ1) is 5.29. The maximum atomic E-state index is 9.98. The molecule has 0 amide bonds. The number of nitrogens with one attached hydrogen (secondary N) is 1. The van der Waals surface area contributed by atoms with Gasteiger partial charge in [-0.1, -0.05) is 6.08 Å². The number of hydrogen-bond acceptors (Lipinski definition) is 4. The number of tetrazole rings is 1. The van der Waals surface area contributed by atoms with Crippen LogP contribution >= 0.6 is 0 Å². The van der Waals surface area contributed by atoms with Crippen molar-refractivity contribution in [1.29, 1.82) is 0 Å². The number of aliphatic carboxylic acids is 1. The van der Waals surface area contributed by atoms with Gasteiger partial charge in [-0.2, -0.15) is 0 Å². The third-order valence-corrected chi connectivity index (χ3v) is 0.961. The van der Waals surface area contributed by atoms with Gasteiger partial charge in [0.25, 0.3) is 0 Å². The van der Waals surface area contributed by atoms with E-state index in [1.807, 2.05) is 0 Å². The summed E-state index contributed by atoms with van der Waals surface area (Å²) >= 11 is 0. The van der Waals surface area contributed by atoms with Crippen LogP contribution in [0.5, 0.6) is 0 Å². The molecular formula is C5H6N4O2. The Hall–Kier alpha value is -1.72. The van der Waals surface area contributed by atoms with Crippen molar-refractivity contribution in [1.82, 2.24) is 20.6 Å². The number of hydrogen-bond donors (Lipinski definition) is 2. The smallest absolute Gasteiger partial charge is 0.327 e. The van der Waals surface area contributed by atoms with Crippen molar-refractivity contribution < 1.29 is 9.90 Å². The lowest BCUT2D eigenvalue weighted by atomic mass is 10.3. The number of allylic oxidation sites excluding steroid dienone is 1. The Bertz CT molecular complexity index is 253. The minimum atomic E-state index is -0.975. The molecule has 1 rings (SSSR count). The zero-order chi connectivity index (χ0) is 8.10. The van der Waals surface area contributed by atoms with E-state index < -0.39 is 5.97 Å². The molecule has 0 saturated heterocycles. The number of carboxylic acid groups (broad SMARTS) is 1. The number of nitrogens with zero attached hydrogens (tertiary/aromatic N) is 3. The van der Waals surface area contributed by atoms with Gasteiger partial charge in [-0.05, 0) is 10.4 Å². The average Bonchev–Trinajstić information content (AvgIpc) is 2.39. The summed E-state index contributed by atoms with van der Waals surface area (Å²) in [5, 5.41) is 20.9. The number of aromatic amines is 1. The molecule has 0 bridgehead atoms. The van der Waals surface area contributed by atoms with Gasteiger partial charge in [0.1, 0.15) is 0 Å². The zero-order valence-corrected chi connectivity index (χ0v) is 5.56. The SMILES string of the molecule is O=C(O)C=CCc1nnn[nH]1. The number of H-pyrrole nitrogens is 1. The number of rotatable bonds is 3. The van der Waals surface area contributed by atoms with Crippen LogP contribution in [0.4, 0.5) is 0 Å². The Morgan fingerprint density at radius 1 is 1.73 bits per heavy atom. The average molecular weight is 154 g/mol. The molecule has 0 aromatic carbocycles. The van der Waals surface area contributed by atoms with Gasteiger partial charge in [0.05, 0.1) is 0 Å². The summed E-state index contributed by atoms with van der Waals surface area (Å²) in [6.45, 7) is 0. The molecule has 0 atom stereocenters. The molecular weight excluding hydrogens is 148 g/mol. The summed E-state index contributed by atoms with van der Waals surface area (Å²) in [5.74, 6) is -0.431. The van der Waals surface area contributed by atoms with Gasteiger partial charge in [0, 0.05) is 12.5 Å². The third-order valence-electron chi connectivity index (χ3n) is 0.961. The van der Waals surface area contributed by atoms with Crippen LogP contribution < -0.4 is 0 Å². The molecule has 0 aliphatic rings. The molecule has 58 valence electrons. The van der Waals surface area contributed by atoms with E-state index in [0.717, 1.165) is 6.08 Å². The predicted molar refractivity (Wildman–Crippen MR) is 34.7 cm³/mol. The highest BCUT2D eigenvalue weighted by molar-refractivity contribution is 5.79. The fourth-order valence-corrected chi connectivity index (χ4v) is 0.537. The summed E-state index contributed by atoms with van der Waals surface area (Å²) in [5.41, 5.74) is 0. The molecule has 1 aromatic heterocycles. The monoisotopic (exact) mass is 154 g/mol. The molecule has 0 saturated carbocycles. The van der Waals surface area contributed by atoms with Gasteiger partial charge in [-0.25, -0.2) is 9.89 Å².